The first-order valence-corrected chi connectivity index (χ1v) is 14.1. The topological polar surface area (TPSA) is 118 Å². The van der Waals surface area contributed by atoms with Crippen LogP contribution < -0.4 is 16.7 Å². The van der Waals surface area contributed by atoms with Gasteiger partial charge in [0, 0.05) is 23.9 Å². The summed E-state index contributed by atoms with van der Waals surface area (Å²) in [7, 11) is 3.24. The number of amides is 1. The molecule has 3 N–H and O–H groups in total. The maximum Gasteiger partial charge on any atom is 0.407 e. The first kappa shape index (κ1) is 26.9. The molecule has 11 heteroatoms. The number of carbonyl (C=O) groups excluding carboxylic acids is 1. The Balaban J connectivity index is 1.34. The van der Waals surface area contributed by atoms with Gasteiger partial charge >= 0.3 is 11.8 Å². The summed E-state index contributed by atoms with van der Waals surface area (Å²) in [6.07, 6.45) is 10.3. The van der Waals surface area contributed by atoms with Crippen molar-refractivity contribution in [3.8, 4) is 0 Å². The van der Waals surface area contributed by atoms with Gasteiger partial charge in [0.05, 0.1) is 12.2 Å². The molecule has 1 aromatic heterocycles. The van der Waals surface area contributed by atoms with E-state index >= 15 is 0 Å². The van der Waals surface area contributed by atoms with Gasteiger partial charge in [-0.05, 0) is 58.9 Å². The standard InChI is InChI=1S/C23H36N4O5S2/c1-16-18(13-20(31-16)27-12-11-19(24)26-21(27)28)30-15-33-34-23(2,3)14-25-22(29)32-17-9-7-5-4-6-8-10-17/h4-5,11-12,16-18,20H,6-10,13-15H2,1-3H3,(H,25,29)(H2,24,26,28)/b5-4+/t16-,17?,18-,20-/m1/s1. The summed E-state index contributed by atoms with van der Waals surface area (Å²) in [4.78, 5) is 28.1. The lowest BCUT2D eigenvalue weighted by molar-refractivity contribution is -0.0207. The summed E-state index contributed by atoms with van der Waals surface area (Å²) < 4.78 is 18.8. The summed E-state index contributed by atoms with van der Waals surface area (Å²) in [5.41, 5.74) is 5.13. The van der Waals surface area contributed by atoms with Crippen LogP contribution in [0.15, 0.2) is 29.2 Å². The second-order valence-electron chi connectivity index (χ2n) is 9.22. The summed E-state index contributed by atoms with van der Waals surface area (Å²) in [5.74, 6) is 0.657. The van der Waals surface area contributed by atoms with Crippen molar-refractivity contribution >= 4 is 33.5 Å². The van der Waals surface area contributed by atoms with Crippen LogP contribution in [0, 0.1) is 0 Å². The molecule has 1 aliphatic heterocycles. The molecule has 1 aliphatic carbocycles. The Morgan fingerprint density at radius 1 is 1.35 bits per heavy atom. The minimum absolute atomic E-state index is 0.0113. The van der Waals surface area contributed by atoms with E-state index in [1.807, 2.05) is 6.92 Å². The first-order chi connectivity index (χ1) is 16.2. The number of aromatic nitrogens is 2. The van der Waals surface area contributed by atoms with E-state index in [0.717, 1.165) is 32.1 Å². The van der Waals surface area contributed by atoms with Crippen LogP contribution in [0.4, 0.5) is 10.6 Å². The number of anilines is 1. The van der Waals surface area contributed by atoms with Crippen molar-refractivity contribution in [2.24, 2.45) is 0 Å². The molecule has 34 heavy (non-hydrogen) atoms. The van der Waals surface area contributed by atoms with Crippen molar-refractivity contribution in [3.63, 3.8) is 0 Å². The Labute approximate surface area is 209 Å². The number of hydrogen-bond donors (Lipinski definition) is 2. The molecule has 1 unspecified atom stereocenters. The van der Waals surface area contributed by atoms with Crippen LogP contribution in [-0.4, -0.2) is 51.2 Å². The van der Waals surface area contributed by atoms with E-state index in [2.05, 4.69) is 36.3 Å². The van der Waals surface area contributed by atoms with Crippen molar-refractivity contribution in [2.45, 2.75) is 88.6 Å². The fourth-order valence-corrected chi connectivity index (χ4v) is 6.03. The summed E-state index contributed by atoms with van der Waals surface area (Å²) in [6.45, 7) is 6.57. The third-order valence-electron chi connectivity index (χ3n) is 5.76. The van der Waals surface area contributed by atoms with Gasteiger partial charge in [-0.25, -0.2) is 9.59 Å². The molecule has 9 nitrogen and oxygen atoms in total. The minimum atomic E-state index is -0.429. The number of alkyl carbamates (subject to hydrolysis) is 1. The molecule has 0 bridgehead atoms. The maximum atomic E-state index is 12.2. The van der Waals surface area contributed by atoms with E-state index in [1.54, 1.807) is 33.9 Å². The average Bonchev–Trinajstić information content (AvgIpc) is 3.12. The number of hydrogen-bond acceptors (Lipinski definition) is 9. The van der Waals surface area contributed by atoms with Gasteiger partial charge < -0.3 is 25.3 Å². The van der Waals surface area contributed by atoms with Crippen LogP contribution in [0.1, 0.15) is 65.5 Å². The molecule has 3 rings (SSSR count). The number of nitrogens with zero attached hydrogens (tertiary/aromatic N) is 2. The molecule has 0 saturated carbocycles. The third kappa shape index (κ3) is 8.51. The highest BCUT2D eigenvalue weighted by molar-refractivity contribution is 8.77. The molecule has 4 atom stereocenters. The number of nitrogens with two attached hydrogens (primary N) is 1. The van der Waals surface area contributed by atoms with Crippen LogP contribution in [-0.2, 0) is 14.2 Å². The number of nitrogen functional groups attached to an aromatic ring is 1. The van der Waals surface area contributed by atoms with Gasteiger partial charge in [0.2, 0.25) is 0 Å². The monoisotopic (exact) mass is 512 g/mol. The molecular formula is C23H36N4O5S2. The normalized spacial score (nSPS) is 26.4. The molecule has 2 aliphatic rings. The fourth-order valence-electron chi connectivity index (χ4n) is 3.86. The van der Waals surface area contributed by atoms with Crippen molar-refractivity contribution in [1.29, 1.82) is 0 Å². The van der Waals surface area contributed by atoms with Gasteiger partial charge in [-0.2, -0.15) is 4.98 Å². The largest absolute Gasteiger partial charge is 0.446 e. The Bertz CT molecular complexity index is 894. The van der Waals surface area contributed by atoms with Crippen LogP contribution in [0.25, 0.3) is 0 Å². The summed E-state index contributed by atoms with van der Waals surface area (Å²) in [5, 5.41) is 2.91. The van der Waals surface area contributed by atoms with E-state index in [1.165, 1.54) is 4.57 Å². The predicted molar refractivity (Wildman–Crippen MR) is 137 cm³/mol. The molecular weight excluding hydrogens is 476 g/mol. The van der Waals surface area contributed by atoms with Gasteiger partial charge in [-0.15, -0.1) is 0 Å². The molecule has 1 aromatic rings. The molecule has 1 fully saturated rings. The number of nitrogens with one attached hydrogen (secondary N) is 1. The van der Waals surface area contributed by atoms with Crippen LogP contribution in [0.5, 0.6) is 0 Å². The van der Waals surface area contributed by atoms with Crippen LogP contribution >= 0.6 is 21.6 Å². The molecule has 1 saturated heterocycles. The summed E-state index contributed by atoms with van der Waals surface area (Å²) >= 11 is 0. The Morgan fingerprint density at radius 2 is 2.15 bits per heavy atom. The van der Waals surface area contributed by atoms with Gasteiger partial charge in [0.15, 0.2) is 0 Å². The number of allylic oxidation sites excluding steroid dienone is 2. The zero-order valence-electron chi connectivity index (χ0n) is 20.1. The number of ether oxygens (including phenoxy) is 3. The zero-order valence-corrected chi connectivity index (χ0v) is 21.7. The smallest absolute Gasteiger partial charge is 0.407 e. The molecule has 190 valence electrons. The van der Waals surface area contributed by atoms with Crippen LogP contribution in [0.3, 0.4) is 0 Å². The predicted octanol–water partition coefficient (Wildman–Crippen LogP) is 4.25. The molecule has 0 aromatic carbocycles. The SMILES string of the molecule is C[C@H]1O[C@@H](n2ccc(N)nc2=O)C[C@H]1OCSSC(C)(C)CNC(=O)OC1CC/C=C/CCC1. The van der Waals surface area contributed by atoms with Gasteiger partial charge in [-0.1, -0.05) is 33.7 Å². The van der Waals surface area contributed by atoms with E-state index in [-0.39, 0.29) is 35.0 Å². The lowest BCUT2D eigenvalue weighted by Crippen LogP contribution is -2.37. The highest BCUT2D eigenvalue weighted by Crippen LogP contribution is 2.37. The average molecular weight is 513 g/mol. The molecule has 0 spiro atoms. The quantitative estimate of drug-likeness (QED) is 0.217. The van der Waals surface area contributed by atoms with E-state index in [0.29, 0.717) is 18.9 Å². The zero-order chi connectivity index (χ0) is 24.6. The lowest BCUT2D eigenvalue weighted by Gasteiger charge is -2.25. The Kier molecular flexibility index (Phi) is 10.2. The Hall–Kier alpha value is -1.69. The van der Waals surface area contributed by atoms with Crippen molar-refractivity contribution in [2.75, 3.05) is 18.2 Å². The molecule has 2 heterocycles. The van der Waals surface area contributed by atoms with Crippen molar-refractivity contribution in [1.82, 2.24) is 14.9 Å². The first-order valence-electron chi connectivity index (χ1n) is 11.8. The Morgan fingerprint density at radius 3 is 2.94 bits per heavy atom. The summed E-state index contributed by atoms with van der Waals surface area (Å²) in [6, 6.07) is 1.58. The number of carbonyl (C=O) groups is 1. The minimum Gasteiger partial charge on any atom is -0.446 e. The molecule has 1 amide bonds. The highest BCUT2D eigenvalue weighted by Gasteiger charge is 2.35. The lowest BCUT2D eigenvalue weighted by atomic mass is 10.0. The van der Waals surface area contributed by atoms with E-state index < -0.39 is 11.9 Å². The highest BCUT2D eigenvalue weighted by atomic mass is 33.1. The third-order valence-corrected chi connectivity index (χ3v) is 8.70. The van der Waals surface area contributed by atoms with E-state index in [9.17, 15) is 9.59 Å². The fraction of sp³-hybridized carbons (Fsp3) is 0.696. The number of rotatable bonds is 9. The van der Waals surface area contributed by atoms with Crippen molar-refractivity contribution < 1.29 is 19.0 Å². The van der Waals surface area contributed by atoms with E-state index in [4.69, 9.17) is 19.9 Å². The molecule has 0 radical (unpaired) electrons. The van der Waals surface area contributed by atoms with Crippen LogP contribution in [0.2, 0.25) is 0 Å². The second kappa shape index (κ2) is 12.9. The van der Waals surface area contributed by atoms with Gasteiger partial charge in [0.25, 0.3) is 0 Å². The van der Waals surface area contributed by atoms with Crippen molar-refractivity contribution in [3.05, 3.63) is 34.9 Å². The maximum absolute atomic E-state index is 12.2. The second-order valence-corrected chi connectivity index (χ2v) is 12.2. The van der Waals surface area contributed by atoms with Gasteiger partial charge in [-0.3, -0.25) is 4.57 Å². The van der Waals surface area contributed by atoms with Gasteiger partial charge in [0.1, 0.15) is 24.1 Å².